The highest BCUT2D eigenvalue weighted by Crippen LogP contribution is 2.14. The van der Waals surface area contributed by atoms with Gasteiger partial charge in [0.25, 0.3) is 0 Å². The lowest BCUT2D eigenvalue weighted by molar-refractivity contribution is -0.117. The average Bonchev–Trinajstić information content (AvgIpc) is 2.64. The predicted octanol–water partition coefficient (Wildman–Crippen LogP) is 2.45. The molecule has 0 aliphatic heterocycles. The topological polar surface area (TPSA) is 82.3 Å². The van der Waals surface area contributed by atoms with E-state index in [1.54, 1.807) is 30.3 Å². The summed E-state index contributed by atoms with van der Waals surface area (Å²) in [7, 11) is 0. The number of ether oxygens (including phenoxy) is 1. The van der Waals surface area contributed by atoms with Crippen molar-refractivity contribution in [1.82, 2.24) is 5.32 Å². The van der Waals surface area contributed by atoms with Crippen LogP contribution in [0.15, 0.2) is 60.7 Å². The first-order valence-electron chi connectivity index (χ1n) is 7.47. The van der Waals surface area contributed by atoms with E-state index < -0.39 is 6.04 Å². The first-order valence-corrected chi connectivity index (χ1v) is 7.47. The molecule has 2 N–H and O–H groups in total. The fourth-order valence-corrected chi connectivity index (χ4v) is 2.10. The highest BCUT2D eigenvalue weighted by molar-refractivity contribution is 5.92. The Morgan fingerprint density at radius 3 is 2.54 bits per heavy atom. The molecule has 2 aromatic carbocycles. The van der Waals surface area contributed by atoms with Gasteiger partial charge >= 0.3 is 0 Å². The first-order chi connectivity index (χ1) is 11.7. The van der Waals surface area contributed by atoms with Crippen LogP contribution in [0.1, 0.15) is 17.2 Å². The van der Waals surface area contributed by atoms with Crippen LogP contribution in [0.2, 0.25) is 0 Å². The van der Waals surface area contributed by atoms with Gasteiger partial charge in [0.15, 0.2) is 6.61 Å². The molecule has 5 nitrogen and oxygen atoms in total. The highest BCUT2D eigenvalue weighted by Gasteiger charge is 2.11. The van der Waals surface area contributed by atoms with E-state index >= 15 is 0 Å². The molecular weight excluding hydrogens is 304 g/mol. The second-order valence-corrected chi connectivity index (χ2v) is 5.00. The molecule has 5 heteroatoms. The summed E-state index contributed by atoms with van der Waals surface area (Å²) in [6.07, 6.45) is 3.08. The molecule has 0 aromatic heterocycles. The van der Waals surface area contributed by atoms with E-state index in [2.05, 4.69) is 5.32 Å². The number of carbonyl (C=O) groups excluding carboxylic acids is 1. The van der Waals surface area contributed by atoms with Gasteiger partial charge in [0.05, 0.1) is 12.6 Å². The van der Waals surface area contributed by atoms with Crippen LogP contribution in [0.4, 0.5) is 0 Å². The van der Waals surface area contributed by atoms with E-state index in [1.807, 2.05) is 36.4 Å². The van der Waals surface area contributed by atoms with Crippen molar-refractivity contribution < 1.29 is 14.6 Å². The van der Waals surface area contributed by atoms with E-state index in [0.29, 0.717) is 5.75 Å². The quantitative estimate of drug-likeness (QED) is 0.767. The summed E-state index contributed by atoms with van der Waals surface area (Å²) < 4.78 is 5.16. The zero-order valence-electron chi connectivity index (χ0n) is 13.1. The Balaban J connectivity index is 1.93. The summed E-state index contributed by atoms with van der Waals surface area (Å²) >= 11 is 0. The number of nitriles is 1. The Hall–Kier alpha value is -3.10. The van der Waals surface area contributed by atoms with Gasteiger partial charge in [-0.2, -0.15) is 5.26 Å². The Bertz CT molecular complexity index is 719. The third kappa shape index (κ3) is 5.27. The molecule has 0 aliphatic rings. The number of amides is 1. The lowest BCUT2D eigenvalue weighted by atomic mass is 10.1. The summed E-state index contributed by atoms with van der Waals surface area (Å²) in [6.45, 7) is -0.172. The number of rotatable bonds is 7. The molecule has 1 amide bonds. The van der Waals surface area contributed by atoms with Gasteiger partial charge < -0.3 is 15.2 Å². The molecule has 0 radical (unpaired) electrons. The van der Waals surface area contributed by atoms with Crippen LogP contribution in [0, 0.1) is 11.3 Å². The van der Waals surface area contributed by atoms with Crippen molar-refractivity contribution in [2.45, 2.75) is 6.04 Å². The third-order valence-corrected chi connectivity index (χ3v) is 3.31. The second kappa shape index (κ2) is 9.13. The molecule has 0 heterocycles. The molecule has 0 spiro atoms. The van der Waals surface area contributed by atoms with Crippen molar-refractivity contribution in [3.63, 3.8) is 0 Å². The summed E-state index contributed by atoms with van der Waals surface area (Å²) in [5.74, 6) is 0.310. The SMILES string of the molecule is N#CCOc1ccc(/C=C/C(=O)NC(CO)c2ccccc2)cc1. The lowest BCUT2D eigenvalue weighted by Gasteiger charge is -2.15. The number of carbonyl (C=O) groups is 1. The summed E-state index contributed by atoms with van der Waals surface area (Å²) in [4.78, 5) is 12.0. The van der Waals surface area contributed by atoms with Gasteiger partial charge in [0, 0.05) is 6.08 Å². The number of benzene rings is 2. The van der Waals surface area contributed by atoms with Crippen LogP contribution in [-0.4, -0.2) is 24.2 Å². The van der Waals surface area contributed by atoms with E-state index in [1.165, 1.54) is 6.08 Å². The van der Waals surface area contributed by atoms with Crippen molar-refractivity contribution in [2.24, 2.45) is 0 Å². The van der Waals surface area contributed by atoms with Crippen molar-refractivity contribution in [2.75, 3.05) is 13.2 Å². The number of hydrogen-bond acceptors (Lipinski definition) is 4. The van der Waals surface area contributed by atoms with Gasteiger partial charge in [-0.05, 0) is 29.3 Å². The molecule has 0 saturated heterocycles. The monoisotopic (exact) mass is 322 g/mol. The van der Waals surface area contributed by atoms with Gasteiger partial charge in [0.2, 0.25) is 5.91 Å². The fourth-order valence-electron chi connectivity index (χ4n) is 2.10. The molecule has 0 bridgehead atoms. The van der Waals surface area contributed by atoms with Crippen molar-refractivity contribution >= 4 is 12.0 Å². The second-order valence-electron chi connectivity index (χ2n) is 5.00. The van der Waals surface area contributed by atoms with Crippen LogP contribution in [0.3, 0.4) is 0 Å². The smallest absolute Gasteiger partial charge is 0.244 e. The van der Waals surface area contributed by atoms with Crippen molar-refractivity contribution in [1.29, 1.82) is 5.26 Å². The molecule has 0 fully saturated rings. The standard InChI is InChI=1S/C19H18N2O3/c20-12-13-24-17-9-6-15(7-10-17)8-11-19(23)21-18(14-22)16-4-2-1-3-5-16/h1-11,18,22H,13-14H2,(H,21,23)/b11-8+. The third-order valence-electron chi connectivity index (χ3n) is 3.31. The van der Waals surface area contributed by atoms with E-state index in [9.17, 15) is 9.90 Å². The molecule has 0 saturated carbocycles. The molecule has 2 rings (SSSR count). The maximum absolute atomic E-state index is 12.0. The van der Waals surface area contributed by atoms with Gasteiger partial charge in [-0.15, -0.1) is 0 Å². The van der Waals surface area contributed by atoms with Crippen LogP contribution in [-0.2, 0) is 4.79 Å². The number of aliphatic hydroxyl groups excluding tert-OH is 1. The first kappa shape index (κ1) is 17.3. The molecule has 1 atom stereocenters. The van der Waals surface area contributed by atoms with Crippen LogP contribution >= 0.6 is 0 Å². The molecule has 1 unspecified atom stereocenters. The summed E-state index contributed by atoms with van der Waals surface area (Å²) in [6, 6.07) is 17.8. The predicted molar refractivity (Wildman–Crippen MR) is 91.0 cm³/mol. The zero-order chi connectivity index (χ0) is 17.2. The van der Waals surface area contributed by atoms with E-state index in [4.69, 9.17) is 10.00 Å². The Morgan fingerprint density at radius 2 is 1.92 bits per heavy atom. The maximum Gasteiger partial charge on any atom is 0.244 e. The molecule has 24 heavy (non-hydrogen) atoms. The Kier molecular flexibility index (Phi) is 6.57. The maximum atomic E-state index is 12.0. The molecular formula is C19H18N2O3. The minimum Gasteiger partial charge on any atom is -0.479 e. The van der Waals surface area contributed by atoms with Gasteiger partial charge in [-0.3, -0.25) is 4.79 Å². The molecule has 122 valence electrons. The Labute approximate surface area is 140 Å². The summed E-state index contributed by atoms with van der Waals surface area (Å²) in [5.41, 5.74) is 1.68. The van der Waals surface area contributed by atoms with Crippen LogP contribution in [0.25, 0.3) is 6.08 Å². The number of nitrogens with one attached hydrogen (secondary N) is 1. The molecule has 0 aliphatic carbocycles. The normalized spacial score (nSPS) is 11.7. The van der Waals surface area contributed by atoms with Crippen LogP contribution < -0.4 is 10.1 Å². The number of aliphatic hydroxyl groups is 1. The summed E-state index contributed by atoms with van der Waals surface area (Å²) in [5, 5.41) is 20.6. The highest BCUT2D eigenvalue weighted by atomic mass is 16.5. The zero-order valence-corrected chi connectivity index (χ0v) is 13.1. The number of hydrogen-bond donors (Lipinski definition) is 2. The Morgan fingerprint density at radius 1 is 1.21 bits per heavy atom. The van der Waals surface area contributed by atoms with Gasteiger partial charge in [0.1, 0.15) is 11.8 Å². The van der Waals surface area contributed by atoms with Crippen molar-refractivity contribution in [3.8, 4) is 11.8 Å². The van der Waals surface area contributed by atoms with E-state index in [0.717, 1.165) is 11.1 Å². The van der Waals surface area contributed by atoms with E-state index in [-0.39, 0.29) is 19.1 Å². The van der Waals surface area contributed by atoms with Crippen LogP contribution in [0.5, 0.6) is 5.75 Å². The lowest BCUT2D eigenvalue weighted by Crippen LogP contribution is -2.29. The fraction of sp³-hybridized carbons (Fsp3) is 0.158. The minimum absolute atomic E-state index is 0.000371. The largest absolute Gasteiger partial charge is 0.479 e. The molecule has 2 aromatic rings. The van der Waals surface area contributed by atoms with Gasteiger partial charge in [-0.1, -0.05) is 42.5 Å². The van der Waals surface area contributed by atoms with Gasteiger partial charge in [-0.25, -0.2) is 0 Å². The minimum atomic E-state index is -0.440. The average molecular weight is 322 g/mol. The number of nitrogens with zero attached hydrogens (tertiary/aromatic N) is 1. The van der Waals surface area contributed by atoms with Crippen molar-refractivity contribution in [3.05, 3.63) is 71.8 Å².